The van der Waals surface area contributed by atoms with Gasteiger partial charge in [-0.15, -0.1) is 12.3 Å². The highest BCUT2D eigenvalue weighted by molar-refractivity contribution is 5.29. The van der Waals surface area contributed by atoms with Crippen LogP contribution in [0.4, 0.5) is 0 Å². The minimum Gasteiger partial charge on any atom is -0.491 e. The number of hydrogen-bond acceptors (Lipinski definition) is 3. The van der Waals surface area contributed by atoms with Crippen LogP contribution in [-0.4, -0.2) is 17.1 Å². The lowest BCUT2D eigenvalue weighted by Crippen LogP contribution is -2.35. The molecule has 3 heteroatoms. The van der Waals surface area contributed by atoms with Crippen molar-refractivity contribution in [3.63, 3.8) is 0 Å². The summed E-state index contributed by atoms with van der Waals surface area (Å²) in [6.07, 6.45) is 5.82. The molecule has 18 heavy (non-hydrogen) atoms. The fourth-order valence-electron chi connectivity index (χ4n) is 1.42. The molecule has 0 unspecified atom stereocenters. The minimum atomic E-state index is 0.0571. The second kappa shape index (κ2) is 6.42. The Morgan fingerprint density at radius 2 is 2.11 bits per heavy atom. The van der Waals surface area contributed by atoms with Gasteiger partial charge in [-0.25, -0.2) is 0 Å². The van der Waals surface area contributed by atoms with Gasteiger partial charge in [0, 0.05) is 24.2 Å². The predicted octanol–water partition coefficient (Wildman–Crippen LogP) is 2.68. The molecule has 0 atom stereocenters. The fourth-order valence-corrected chi connectivity index (χ4v) is 1.42. The van der Waals surface area contributed by atoms with E-state index in [2.05, 4.69) is 37.0 Å². The number of pyridine rings is 1. The minimum absolute atomic E-state index is 0.0571. The molecule has 98 valence electrons. The van der Waals surface area contributed by atoms with Crippen LogP contribution >= 0.6 is 0 Å². The summed E-state index contributed by atoms with van der Waals surface area (Å²) in [5.41, 5.74) is 1.98. The van der Waals surface area contributed by atoms with Crippen LogP contribution in [0.3, 0.4) is 0 Å². The number of nitrogens with zero attached hydrogens (tertiary/aromatic N) is 1. The Labute approximate surface area is 110 Å². The Morgan fingerprint density at radius 1 is 1.39 bits per heavy atom. The number of ether oxygens (including phenoxy) is 1. The van der Waals surface area contributed by atoms with E-state index in [-0.39, 0.29) is 5.54 Å². The van der Waals surface area contributed by atoms with Crippen LogP contribution in [0.1, 0.15) is 38.6 Å². The quantitative estimate of drug-likeness (QED) is 0.640. The first-order valence-corrected chi connectivity index (χ1v) is 6.20. The number of nitrogens with one attached hydrogen (secondary N) is 1. The zero-order chi connectivity index (χ0) is 13.6. The van der Waals surface area contributed by atoms with Crippen molar-refractivity contribution in [3.05, 3.63) is 23.5 Å². The summed E-state index contributed by atoms with van der Waals surface area (Å²) in [5.74, 6) is 3.38. The van der Waals surface area contributed by atoms with Gasteiger partial charge < -0.3 is 10.1 Å². The van der Waals surface area contributed by atoms with Crippen LogP contribution in [0.2, 0.25) is 0 Å². The van der Waals surface area contributed by atoms with E-state index in [4.69, 9.17) is 11.2 Å². The smallest absolute Gasteiger partial charge is 0.142 e. The number of aromatic nitrogens is 1. The summed E-state index contributed by atoms with van der Waals surface area (Å²) in [7, 11) is 0. The molecule has 0 aliphatic carbocycles. The van der Waals surface area contributed by atoms with E-state index in [0.717, 1.165) is 17.1 Å². The third-order valence-electron chi connectivity index (χ3n) is 2.36. The maximum atomic E-state index is 5.65. The third-order valence-corrected chi connectivity index (χ3v) is 2.36. The second-order valence-corrected chi connectivity index (χ2v) is 5.30. The van der Waals surface area contributed by atoms with Crippen molar-refractivity contribution >= 4 is 0 Å². The average molecular weight is 246 g/mol. The summed E-state index contributed by atoms with van der Waals surface area (Å²) >= 11 is 0. The molecule has 0 aromatic carbocycles. The van der Waals surface area contributed by atoms with Gasteiger partial charge >= 0.3 is 0 Å². The SMILES string of the molecule is C#CCCOc1ccc(C)nc1CNC(C)(C)C. The number of terminal acetylenes is 1. The molecule has 1 aromatic heterocycles. The van der Waals surface area contributed by atoms with Gasteiger partial charge in [-0.05, 0) is 39.8 Å². The van der Waals surface area contributed by atoms with E-state index in [0.29, 0.717) is 19.6 Å². The summed E-state index contributed by atoms with van der Waals surface area (Å²) in [4.78, 5) is 4.52. The van der Waals surface area contributed by atoms with E-state index in [9.17, 15) is 0 Å². The fraction of sp³-hybridized carbons (Fsp3) is 0.533. The van der Waals surface area contributed by atoms with Crippen LogP contribution in [0.5, 0.6) is 5.75 Å². The molecule has 3 nitrogen and oxygen atoms in total. The lowest BCUT2D eigenvalue weighted by atomic mass is 10.1. The molecule has 0 saturated carbocycles. The van der Waals surface area contributed by atoms with Crippen molar-refractivity contribution in [2.24, 2.45) is 0 Å². The summed E-state index contributed by atoms with van der Waals surface area (Å²) in [6.45, 7) is 9.58. The molecular weight excluding hydrogens is 224 g/mol. The van der Waals surface area contributed by atoms with E-state index in [1.54, 1.807) is 0 Å². The number of hydrogen-bond donors (Lipinski definition) is 1. The Bertz CT molecular complexity index is 427. The Morgan fingerprint density at radius 3 is 2.72 bits per heavy atom. The molecular formula is C15H22N2O. The van der Waals surface area contributed by atoms with Crippen molar-refractivity contribution in [2.75, 3.05) is 6.61 Å². The van der Waals surface area contributed by atoms with E-state index in [1.165, 1.54) is 0 Å². The first-order chi connectivity index (χ1) is 8.42. The Kier molecular flexibility index (Phi) is 5.18. The van der Waals surface area contributed by atoms with Gasteiger partial charge in [-0.3, -0.25) is 4.98 Å². The van der Waals surface area contributed by atoms with Crippen molar-refractivity contribution in [2.45, 2.75) is 46.2 Å². The van der Waals surface area contributed by atoms with Gasteiger partial charge in [0.15, 0.2) is 0 Å². The molecule has 0 aliphatic rings. The van der Waals surface area contributed by atoms with Crippen LogP contribution in [0.15, 0.2) is 12.1 Å². The van der Waals surface area contributed by atoms with Crippen molar-refractivity contribution in [3.8, 4) is 18.1 Å². The number of rotatable bonds is 5. The normalized spacial score (nSPS) is 11.1. The first kappa shape index (κ1) is 14.5. The molecule has 0 bridgehead atoms. The van der Waals surface area contributed by atoms with Gasteiger partial charge in [0.1, 0.15) is 5.75 Å². The highest BCUT2D eigenvalue weighted by Gasteiger charge is 2.12. The topological polar surface area (TPSA) is 34.1 Å². The summed E-state index contributed by atoms with van der Waals surface area (Å²) in [6, 6.07) is 3.91. The van der Waals surface area contributed by atoms with Crippen molar-refractivity contribution < 1.29 is 4.74 Å². The highest BCUT2D eigenvalue weighted by atomic mass is 16.5. The van der Waals surface area contributed by atoms with Crippen molar-refractivity contribution in [1.82, 2.24) is 10.3 Å². The summed E-state index contributed by atoms with van der Waals surface area (Å²) in [5, 5.41) is 3.41. The molecule has 1 heterocycles. The van der Waals surface area contributed by atoms with Crippen LogP contribution in [0, 0.1) is 19.3 Å². The zero-order valence-electron chi connectivity index (χ0n) is 11.7. The Balaban J connectivity index is 2.74. The first-order valence-electron chi connectivity index (χ1n) is 6.20. The van der Waals surface area contributed by atoms with Crippen LogP contribution < -0.4 is 10.1 Å². The van der Waals surface area contributed by atoms with Crippen LogP contribution in [0.25, 0.3) is 0 Å². The molecule has 0 amide bonds. The van der Waals surface area contributed by atoms with Gasteiger partial charge in [-0.1, -0.05) is 0 Å². The molecule has 0 radical (unpaired) electrons. The lowest BCUT2D eigenvalue weighted by Gasteiger charge is -2.21. The van der Waals surface area contributed by atoms with Gasteiger partial charge in [0.2, 0.25) is 0 Å². The van der Waals surface area contributed by atoms with Gasteiger partial charge in [0.05, 0.1) is 12.3 Å². The lowest BCUT2D eigenvalue weighted by molar-refractivity contribution is 0.317. The Hall–Kier alpha value is -1.53. The molecule has 0 saturated heterocycles. The molecule has 1 N–H and O–H groups in total. The monoisotopic (exact) mass is 246 g/mol. The second-order valence-electron chi connectivity index (χ2n) is 5.30. The average Bonchev–Trinajstić information content (AvgIpc) is 2.28. The third kappa shape index (κ3) is 5.20. The van der Waals surface area contributed by atoms with E-state index < -0.39 is 0 Å². The maximum absolute atomic E-state index is 5.65. The standard InChI is InChI=1S/C15H22N2O/c1-6-7-10-18-14-9-8-12(2)17-13(14)11-16-15(3,4)5/h1,8-9,16H,7,10-11H2,2-5H3. The largest absolute Gasteiger partial charge is 0.491 e. The molecule has 0 fully saturated rings. The highest BCUT2D eigenvalue weighted by Crippen LogP contribution is 2.18. The number of aryl methyl sites for hydroxylation is 1. The molecule has 0 aliphatic heterocycles. The van der Waals surface area contributed by atoms with E-state index in [1.807, 2.05) is 19.1 Å². The van der Waals surface area contributed by atoms with Crippen LogP contribution in [-0.2, 0) is 6.54 Å². The molecule has 1 aromatic rings. The predicted molar refractivity (Wildman–Crippen MR) is 74.5 cm³/mol. The molecule has 0 spiro atoms. The maximum Gasteiger partial charge on any atom is 0.142 e. The van der Waals surface area contributed by atoms with E-state index >= 15 is 0 Å². The van der Waals surface area contributed by atoms with Gasteiger partial charge in [0.25, 0.3) is 0 Å². The van der Waals surface area contributed by atoms with Crippen molar-refractivity contribution in [1.29, 1.82) is 0 Å². The van der Waals surface area contributed by atoms with Gasteiger partial charge in [-0.2, -0.15) is 0 Å². The molecule has 1 rings (SSSR count). The summed E-state index contributed by atoms with van der Waals surface area (Å²) < 4.78 is 5.65. The zero-order valence-corrected chi connectivity index (χ0v) is 11.7.